The van der Waals surface area contributed by atoms with Crippen LogP contribution in [0.25, 0.3) is 0 Å². The smallest absolute Gasteiger partial charge is 0.243 e. The number of hydrogen-bond donors (Lipinski definition) is 1. The zero-order valence-electron chi connectivity index (χ0n) is 14.7. The van der Waals surface area contributed by atoms with Crippen LogP contribution in [-0.4, -0.2) is 77.7 Å². The second-order valence-corrected chi connectivity index (χ2v) is 8.70. The van der Waals surface area contributed by atoms with Crippen molar-refractivity contribution >= 4 is 10.0 Å². The quantitative estimate of drug-likeness (QED) is 0.791. The van der Waals surface area contributed by atoms with Crippen LogP contribution in [0.2, 0.25) is 0 Å². The fourth-order valence-electron chi connectivity index (χ4n) is 3.79. The summed E-state index contributed by atoms with van der Waals surface area (Å²) in [6.07, 6.45) is 3.94. The number of sulfonamides is 1. The molecule has 0 saturated carbocycles. The van der Waals surface area contributed by atoms with Gasteiger partial charge in [0.1, 0.15) is 12.7 Å². The zero-order valence-corrected chi connectivity index (χ0v) is 15.5. The molecule has 2 aromatic rings. The lowest BCUT2D eigenvalue weighted by Gasteiger charge is -2.32. The Labute approximate surface area is 153 Å². The van der Waals surface area contributed by atoms with Gasteiger partial charge in [-0.3, -0.25) is 4.90 Å². The maximum atomic E-state index is 13.3. The highest BCUT2D eigenvalue weighted by Crippen LogP contribution is 2.26. The third-order valence-electron chi connectivity index (χ3n) is 5.18. The molecule has 8 nitrogen and oxygen atoms in total. The van der Waals surface area contributed by atoms with Crippen molar-refractivity contribution in [2.45, 2.75) is 23.9 Å². The Hall–Kier alpha value is -1.81. The van der Waals surface area contributed by atoms with E-state index in [0.717, 1.165) is 38.2 Å². The van der Waals surface area contributed by atoms with Gasteiger partial charge in [0, 0.05) is 45.3 Å². The summed E-state index contributed by atoms with van der Waals surface area (Å²) in [7, 11) is -3.51. The van der Waals surface area contributed by atoms with Gasteiger partial charge in [-0.25, -0.2) is 18.1 Å². The Kier molecular flexibility index (Phi) is 5.03. The third kappa shape index (κ3) is 3.52. The Balaban J connectivity index is 1.53. The van der Waals surface area contributed by atoms with Gasteiger partial charge >= 0.3 is 0 Å². The predicted molar refractivity (Wildman–Crippen MR) is 97.2 cm³/mol. The minimum atomic E-state index is -3.51. The predicted octanol–water partition coefficient (Wildman–Crippen LogP) is -0.00540. The summed E-state index contributed by atoms with van der Waals surface area (Å²) in [4.78, 5) is 6.71. The molecule has 2 aliphatic rings. The first-order valence-electron chi connectivity index (χ1n) is 9.00. The molecule has 2 aliphatic heterocycles. The van der Waals surface area contributed by atoms with E-state index in [-0.39, 0.29) is 0 Å². The van der Waals surface area contributed by atoms with E-state index in [9.17, 15) is 8.42 Å². The highest BCUT2D eigenvalue weighted by Gasteiger charge is 2.36. The Morgan fingerprint density at radius 1 is 1.15 bits per heavy atom. The molecular formula is C17H24N6O2S. The molecule has 1 aromatic carbocycles. The normalized spacial score (nSPS) is 22.7. The molecule has 0 spiro atoms. The topological polar surface area (TPSA) is 83.4 Å². The first-order valence-corrected chi connectivity index (χ1v) is 10.4. The van der Waals surface area contributed by atoms with Gasteiger partial charge in [0.15, 0.2) is 0 Å². The van der Waals surface area contributed by atoms with Gasteiger partial charge in [0.2, 0.25) is 10.0 Å². The molecule has 4 rings (SSSR count). The molecule has 2 saturated heterocycles. The van der Waals surface area contributed by atoms with E-state index in [2.05, 4.69) is 20.3 Å². The van der Waals surface area contributed by atoms with E-state index < -0.39 is 10.0 Å². The van der Waals surface area contributed by atoms with Crippen molar-refractivity contribution < 1.29 is 8.42 Å². The Bertz CT molecular complexity index is 833. The van der Waals surface area contributed by atoms with E-state index in [1.807, 2.05) is 12.1 Å². The summed E-state index contributed by atoms with van der Waals surface area (Å²) < 4.78 is 29.8. The average molecular weight is 376 g/mol. The molecule has 1 atom stereocenters. The Morgan fingerprint density at radius 2 is 1.96 bits per heavy atom. The number of rotatable bonds is 5. The van der Waals surface area contributed by atoms with Crippen LogP contribution in [0.15, 0.2) is 41.8 Å². The van der Waals surface area contributed by atoms with Crippen molar-refractivity contribution in [2.75, 3.05) is 39.3 Å². The summed E-state index contributed by atoms with van der Waals surface area (Å²) in [6, 6.07) is 7.49. The summed E-state index contributed by atoms with van der Waals surface area (Å²) in [5.74, 6) is 0. The molecule has 2 fully saturated rings. The number of benzene rings is 1. The van der Waals surface area contributed by atoms with Crippen molar-refractivity contribution in [3.63, 3.8) is 0 Å². The van der Waals surface area contributed by atoms with Crippen LogP contribution in [0.3, 0.4) is 0 Å². The van der Waals surface area contributed by atoms with Crippen molar-refractivity contribution in [2.24, 2.45) is 0 Å². The van der Waals surface area contributed by atoms with Crippen LogP contribution in [0.4, 0.5) is 0 Å². The van der Waals surface area contributed by atoms with Gasteiger partial charge in [0.05, 0.1) is 11.4 Å². The lowest BCUT2D eigenvalue weighted by Crippen LogP contribution is -2.49. The summed E-state index contributed by atoms with van der Waals surface area (Å²) in [5.41, 5.74) is 0.739. The van der Waals surface area contributed by atoms with Crippen molar-refractivity contribution in [3.05, 3.63) is 42.5 Å². The maximum Gasteiger partial charge on any atom is 0.243 e. The minimum Gasteiger partial charge on any atom is -0.314 e. The van der Waals surface area contributed by atoms with Crippen molar-refractivity contribution in [1.29, 1.82) is 0 Å². The van der Waals surface area contributed by atoms with Gasteiger partial charge in [-0.1, -0.05) is 18.2 Å². The molecule has 0 amide bonds. The first-order chi connectivity index (χ1) is 12.6. The fourth-order valence-corrected chi connectivity index (χ4v) is 5.50. The van der Waals surface area contributed by atoms with Gasteiger partial charge < -0.3 is 5.32 Å². The molecule has 3 heterocycles. The summed E-state index contributed by atoms with van der Waals surface area (Å²) >= 11 is 0. The number of nitrogens with zero attached hydrogens (tertiary/aromatic N) is 5. The van der Waals surface area contributed by atoms with E-state index in [1.165, 1.54) is 6.33 Å². The number of piperazine rings is 1. The van der Waals surface area contributed by atoms with Gasteiger partial charge in [-0.2, -0.15) is 9.40 Å². The SMILES string of the molecule is O=S(=O)(c1ccccc1Cn1cncn1)N1CCC(N2CCNCC2)C1. The zero-order chi connectivity index (χ0) is 18.0. The molecule has 1 unspecified atom stereocenters. The molecular weight excluding hydrogens is 352 g/mol. The van der Waals surface area contributed by atoms with Crippen LogP contribution in [0, 0.1) is 0 Å². The number of aromatic nitrogens is 3. The molecule has 0 bridgehead atoms. The standard InChI is InChI=1S/C17H24N6O2S/c24-26(25,23-8-5-16(12-23)21-9-6-18-7-10-21)17-4-2-1-3-15(17)11-22-14-19-13-20-22/h1-4,13-14,16,18H,5-12H2. The summed E-state index contributed by atoms with van der Waals surface area (Å²) in [6.45, 7) is 5.47. The van der Waals surface area contributed by atoms with Crippen LogP contribution in [-0.2, 0) is 16.6 Å². The van der Waals surface area contributed by atoms with Crippen molar-refractivity contribution in [3.8, 4) is 0 Å². The lowest BCUT2D eigenvalue weighted by molar-refractivity contribution is 0.179. The van der Waals surface area contributed by atoms with Gasteiger partial charge in [-0.15, -0.1) is 0 Å². The maximum absolute atomic E-state index is 13.3. The third-order valence-corrected chi connectivity index (χ3v) is 7.15. The molecule has 140 valence electrons. The highest BCUT2D eigenvalue weighted by atomic mass is 32.2. The van der Waals surface area contributed by atoms with Crippen LogP contribution in [0.5, 0.6) is 0 Å². The first kappa shape index (κ1) is 17.6. The lowest BCUT2D eigenvalue weighted by atomic mass is 10.2. The fraction of sp³-hybridized carbons (Fsp3) is 0.529. The second-order valence-electron chi connectivity index (χ2n) is 6.79. The molecule has 0 aliphatic carbocycles. The molecule has 1 aromatic heterocycles. The molecule has 26 heavy (non-hydrogen) atoms. The van der Waals surface area contributed by atoms with E-state index in [1.54, 1.807) is 27.4 Å². The van der Waals surface area contributed by atoms with Crippen LogP contribution < -0.4 is 5.32 Å². The van der Waals surface area contributed by atoms with Crippen LogP contribution in [0.1, 0.15) is 12.0 Å². The molecule has 0 radical (unpaired) electrons. The average Bonchev–Trinajstić information content (AvgIpc) is 3.35. The molecule has 9 heteroatoms. The van der Waals surface area contributed by atoms with E-state index in [0.29, 0.717) is 30.6 Å². The van der Waals surface area contributed by atoms with E-state index >= 15 is 0 Å². The highest BCUT2D eigenvalue weighted by molar-refractivity contribution is 7.89. The number of hydrogen-bond acceptors (Lipinski definition) is 6. The monoisotopic (exact) mass is 376 g/mol. The number of nitrogens with one attached hydrogen (secondary N) is 1. The minimum absolute atomic E-state index is 0.314. The largest absolute Gasteiger partial charge is 0.314 e. The second kappa shape index (κ2) is 7.43. The van der Waals surface area contributed by atoms with Crippen molar-refractivity contribution in [1.82, 2.24) is 29.3 Å². The van der Waals surface area contributed by atoms with Gasteiger partial charge in [0.25, 0.3) is 0 Å². The molecule has 1 N–H and O–H groups in total. The van der Waals surface area contributed by atoms with Crippen LogP contribution >= 0.6 is 0 Å². The Morgan fingerprint density at radius 3 is 2.73 bits per heavy atom. The summed E-state index contributed by atoms with van der Waals surface area (Å²) in [5, 5.41) is 7.44. The van der Waals surface area contributed by atoms with E-state index in [4.69, 9.17) is 0 Å². The van der Waals surface area contributed by atoms with Gasteiger partial charge in [-0.05, 0) is 18.1 Å².